The van der Waals surface area contributed by atoms with Gasteiger partial charge in [-0.15, -0.1) is 0 Å². The van der Waals surface area contributed by atoms with Crippen molar-refractivity contribution in [3.8, 4) is 0 Å². The largest absolute Gasteiger partial charge is 0.327 e. The second-order valence-corrected chi connectivity index (χ2v) is 2.56. The van der Waals surface area contributed by atoms with E-state index in [1.165, 1.54) is 0 Å². The van der Waals surface area contributed by atoms with Gasteiger partial charge in [0.1, 0.15) is 0 Å². The van der Waals surface area contributed by atoms with Crippen LogP contribution in [-0.2, 0) is 0 Å². The molecule has 2 heteroatoms. The first-order valence-corrected chi connectivity index (χ1v) is 3.83. The Bertz CT molecular complexity index is 241. The van der Waals surface area contributed by atoms with Crippen LogP contribution in [-0.4, -0.2) is 6.54 Å². The lowest BCUT2D eigenvalue weighted by atomic mass is 10.2. The summed E-state index contributed by atoms with van der Waals surface area (Å²) in [6, 6.07) is 9.75. The highest BCUT2D eigenvalue weighted by molar-refractivity contribution is 6.48. The number of rotatable bonds is 2. The third-order valence-electron chi connectivity index (χ3n) is 1.35. The van der Waals surface area contributed by atoms with E-state index in [1.54, 1.807) is 6.08 Å². The second kappa shape index (κ2) is 4.16. The molecule has 2 N–H and O–H groups in total. The summed E-state index contributed by atoms with van der Waals surface area (Å²) >= 11 is 5.89. The molecule has 0 saturated carbocycles. The summed E-state index contributed by atoms with van der Waals surface area (Å²) in [5, 5.41) is 0.716. The summed E-state index contributed by atoms with van der Waals surface area (Å²) < 4.78 is 0. The van der Waals surface area contributed by atoms with E-state index >= 15 is 0 Å². The average molecular weight is 168 g/mol. The van der Waals surface area contributed by atoms with Gasteiger partial charge in [0.05, 0.1) is 0 Å². The van der Waals surface area contributed by atoms with Gasteiger partial charge < -0.3 is 5.73 Å². The van der Waals surface area contributed by atoms with Gasteiger partial charge >= 0.3 is 0 Å². The van der Waals surface area contributed by atoms with Crippen LogP contribution >= 0.6 is 11.6 Å². The van der Waals surface area contributed by atoms with E-state index in [9.17, 15) is 0 Å². The minimum absolute atomic E-state index is 0.480. The molecule has 0 radical (unpaired) electrons. The van der Waals surface area contributed by atoms with Crippen LogP contribution in [0.2, 0.25) is 0 Å². The van der Waals surface area contributed by atoms with Crippen LogP contribution in [0.25, 0.3) is 5.03 Å². The van der Waals surface area contributed by atoms with E-state index < -0.39 is 0 Å². The van der Waals surface area contributed by atoms with Gasteiger partial charge in [-0.25, -0.2) is 0 Å². The van der Waals surface area contributed by atoms with Crippen molar-refractivity contribution in [2.45, 2.75) is 0 Å². The quantitative estimate of drug-likeness (QED) is 0.718. The minimum Gasteiger partial charge on any atom is -0.327 e. The molecule has 58 valence electrons. The smallest absolute Gasteiger partial charge is 0.0451 e. The molecule has 0 atom stereocenters. The summed E-state index contributed by atoms with van der Waals surface area (Å²) in [6.07, 6.45) is 1.79. The van der Waals surface area contributed by atoms with Crippen molar-refractivity contribution in [3.05, 3.63) is 42.0 Å². The number of halogens is 1. The van der Waals surface area contributed by atoms with Gasteiger partial charge in [-0.2, -0.15) is 0 Å². The maximum Gasteiger partial charge on any atom is 0.0451 e. The highest BCUT2D eigenvalue weighted by atomic mass is 35.5. The molecule has 0 heterocycles. The molecular formula is C9H10ClN. The third kappa shape index (κ3) is 2.37. The van der Waals surface area contributed by atoms with Crippen molar-refractivity contribution in [1.82, 2.24) is 0 Å². The highest BCUT2D eigenvalue weighted by Crippen LogP contribution is 2.16. The van der Waals surface area contributed by atoms with Crippen LogP contribution in [0.3, 0.4) is 0 Å². The molecule has 0 saturated heterocycles. The molecule has 1 aromatic rings. The Morgan fingerprint density at radius 1 is 1.36 bits per heavy atom. The van der Waals surface area contributed by atoms with E-state index in [2.05, 4.69) is 0 Å². The summed E-state index contributed by atoms with van der Waals surface area (Å²) in [5.41, 5.74) is 6.32. The molecule has 1 nitrogen and oxygen atoms in total. The second-order valence-electron chi connectivity index (χ2n) is 2.15. The van der Waals surface area contributed by atoms with Crippen LogP contribution in [0.1, 0.15) is 5.56 Å². The highest BCUT2D eigenvalue weighted by Gasteiger charge is 1.92. The van der Waals surface area contributed by atoms with Crippen molar-refractivity contribution in [2.24, 2.45) is 5.73 Å². The fourth-order valence-corrected chi connectivity index (χ4v) is 1.03. The van der Waals surface area contributed by atoms with Crippen LogP contribution < -0.4 is 5.73 Å². The Kier molecular flexibility index (Phi) is 3.14. The van der Waals surface area contributed by atoms with E-state index in [-0.39, 0.29) is 0 Å². The van der Waals surface area contributed by atoms with Gasteiger partial charge in [0.2, 0.25) is 0 Å². The van der Waals surface area contributed by atoms with Gasteiger partial charge in [-0.05, 0) is 5.56 Å². The molecule has 0 aliphatic carbocycles. The first kappa shape index (κ1) is 8.31. The topological polar surface area (TPSA) is 26.0 Å². The van der Waals surface area contributed by atoms with Crippen molar-refractivity contribution in [3.63, 3.8) is 0 Å². The lowest BCUT2D eigenvalue weighted by Crippen LogP contribution is -1.93. The standard InChI is InChI=1S/C9H10ClN/c10-9(6-7-11)8-4-2-1-3-5-8/h1-6H,7,11H2/b9-6-. The molecule has 0 spiro atoms. The molecular weight excluding hydrogens is 158 g/mol. The van der Waals surface area contributed by atoms with Crippen molar-refractivity contribution in [2.75, 3.05) is 6.54 Å². The van der Waals surface area contributed by atoms with Crippen molar-refractivity contribution < 1.29 is 0 Å². The van der Waals surface area contributed by atoms with Crippen molar-refractivity contribution >= 4 is 16.6 Å². The Balaban J connectivity index is 2.85. The molecule has 0 aromatic heterocycles. The van der Waals surface area contributed by atoms with Gasteiger partial charge in [0.15, 0.2) is 0 Å². The van der Waals surface area contributed by atoms with E-state index in [0.29, 0.717) is 11.6 Å². The summed E-state index contributed by atoms with van der Waals surface area (Å²) in [5.74, 6) is 0. The summed E-state index contributed by atoms with van der Waals surface area (Å²) in [7, 11) is 0. The molecule has 0 aliphatic rings. The third-order valence-corrected chi connectivity index (χ3v) is 1.72. The monoisotopic (exact) mass is 167 g/mol. The zero-order valence-electron chi connectivity index (χ0n) is 6.13. The molecule has 1 aromatic carbocycles. The van der Waals surface area contributed by atoms with Crippen LogP contribution in [0.5, 0.6) is 0 Å². The molecule has 0 aliphatic heterocycles. The Hall–Kier alpha value is -0.790. The van der Waals surface area contributed by atoms with Crippen LogP contribution in [0, 0.1) is 0 Å². The van der Waals surface area contributed by atoms with Gasteiger partial charge in [0, 0.05) is 11.6 Å². The zero-order chi connectivity index (χ0) is 8.10. The lowest BCUT2D eigenvalue weighted by Gasteiger charge is -1.96. The number of benzene rings is 1. The predicted octanol–water partition coefficient (Wildman–Crippen LogP) is 2.23. The normalized spacial score (nSPS) is 11.6. The van der Waals surface area contributed by atoms with Crippen molar-refractivity contribution in [1.29, 1.82) is 0 Å². The molecule has 11 heavy (non-hydrogen) atoms. The molecule has 0 fully saturated rings. The maximum atomic E-state index is 5.89. The van der Waals surface area contributed by atoms with Crippen LogP contribution in [0.15, 0.2) is 36.4 Å². The minimum atomic E-state index is 0.480. The number of hydrogen-bond acceptors (Lipinski definition) is 1. The first-order chi connectivity index (χ1) is 5.34. The molecule has 0 bridgehead atoms. The Morgan fingerprint density at radius 2 is 2.00 bits per heavy atom. The summed E-state index contributed by atoms with van der Waals surface area (Å²) in [4.78, 5) is 0. The van der Waals surface area contributed by atoms with Crippen LogP contribution in [0.4, 0.5) is 0 Å². The van der Waals surface area contributed by atoms with E-state index in [4.69, 9.17) is 17.3 Å². The number of hydrogen-bond donors (Lipinski definition) is 1. The first-order valence-electron chi connectivity index (χ1n) is 3.45. The zero-order valence-corrected chi connectivity index (χ0v) is 6.88. The predicted molar refractivity (Wildman–Crippen MR) is 49.3 cm³/mol. The average Bonchev–Trinajstić information content (AvgIpc) is 2.07. The van der Waals surface area contributed by atoms with E-state index in [1.807, 2.05) is 30.3 Å². The Labute approximate surface area is 71.5 Å². The summed E-state index contributed by atoms with van der Waals surface area (Å²) in [6.45, 7) is 0.480. The number of nitrogens with two attached hydrogens (primary N) is 1. The van der Waals surface area contributed by atoms with E-state index in [0.717, 1.165) is 5.56 Å². The molecule has 0 amide bonds. The molecule has 0 unspecified atom stereocenters. The Morgan fingerprint density at radius 3 is 2.55 bits per heavy atom. The maximum absolute atomic E-state index is 5.89. The fourth-order valence-electron chi connectivity index (χ4n) is 0.819. The van der Waals surface area contributed by atoms with Gasteiger partial charge in [-0.1, -0.05) is 48.0 Å². The molecule has 1 rings (SSSR count). The van der Waals surface area contributed by atoms with Gasteiger partial charge in [0.25, 0.3) is 0 Å². The SMILES string of the molecule is NC/C=C(\Cl)c1ccccc1. The van der Waals surface area contributed by atoms with Gasteiger partial charge in [-0.3, -0.25) is 0 Å². The fraction of sp³-hybridized carbons (Fsp3) is 0.111. The lowest BCUT2D eigenvalue weighted by molar-refractivity contribution is 1.26.